The summed E-state index contributed by atoms with van der Waals surface area (Å²) in [5.41, 5.74) is 1.81. The van der Waals surface area contributed by atoms with E-state index >= 15 is 0 Å². The number of hydrogen-bond acceptors (Lipinski definition) is 3. The summed E-state index contributed by atoms with van der Waals surface area (Å²) < 4.78 is 27.5. The molecule has 0 unspecified atom stereocenters. The number of nitrogens with one attached hydrogen (secondary N) is 1. The maximum absolute atomic E-state index is 12.4. The molecule has 0 aliphatic heterocycles. The number of rotatable bonds is 4. The summed E-state index contributed by atoms with van der Waals surface area (Å²) in [6, 6.07) is 5.06. The van der Waals surface area contributed by atoms with E-state index in [0.29, 0.717) is 25.7 Å². The topological polar surface area (TPSA) is 83.5 Å². The van der Waals surface area contributed by atoms with Gasteiger partial charge in [0.05, 0.1) is 10.8 Å². The van der Waals surface area contributed by atoms with Gasteiger partial charge < -0.3 is 5.11 Å². The lowest BCUT2D eigenvalue weighted by atomic mass is 9.87. The van der Waals surface area contributed by atoms with Gasteiger partial charge >= 0.3 is 5.97 Å². The molecule has 1 aromatic rings. The molecule has 0 radical (unpaired) electrons. The van der Waals surface area contributed by atoms with Crippen molar-refractivity contribution in [2.75, 3.05) is 0 Å². The lowest BCUT2D eigenvalue weighted by molar-refractivity contribution is -0.142. The smallest absolute Gasteiger partial charge is 0.306 e. The first-order valence-electron chi connectivity index (χ1n) is 7.11. The Hall–Kier alpha value is -1.40. The van der Waals surface area contributed by atoms with Gasteiger partial charge in [-0.05, 0) is 62.8 Å². The summed E-state index contributed by atoms with van der Waals surface area (Å²) in [7, 11) is -3.54. The Morgan fingerprint density at radius 3 is 2.10 bits per heavy atom. The van der Waals surface area contributed by atoms with Crippen molar-refractivity contribution >= 4 is 16.0 Å². The molecule has 1 aromatic carbocycles. The molecule has 5 nitrogen and oxygen atoms in total. The third-order valence-electron chi connectivity index (χ3n) is 3.90. The highest BCUT2D eigenvalue weighted by molar-refractivity contribution is 7.89. The Morgan fingerprint density at radius 2 is 1.62 bits per heavy atom. The quantitative estimate of drug-likeness (QED) is 0.893. The van der Waals surface area contributed by atoms with Crippen LogP contribution < -0.4 is 4.72 Å². The second-order valence-electron chi connectivity index (χ2n) is 5.83. The van der Waals surface area contributed by atoms with E-state index in [0.717, 1.165) is 11.1 Å². The molecule has 0 bridgehead atoms. The average Bonchev–Trinajstić information content (AvgIpc) is 2.37. The minimum atomic E-state index is -3.54. The van der Waals surface area contributed by atoms with E-state index in [9.17, 15) is 13.2 Å². The van der Waals surface area contributed by atoms with Crippen LogP contribution in [0.3, 0.4) is 0 Å². The van der Waals surface area contributed by atoms with Gasteiger partial charge in [0.15, 0.2) is 0 Å². The van der Waals surface area contributed by atoms with Crippen molar-refractivity contribution in [3.8, 4) is 0 Å². The predicted octanol–water partition coefficient (Wildman–Crippen LogP) is 2.23. The summed E-state index contributed by atoms with van der Waals surface area (Å²) in [5.74, 6) is -1.13. The van der Waals surface area contributed by atoms with E-state index in [2.05, 4.69) is 4.72 Å². The molecular weight excluding hydrogens is 290 g/mol. The molecule has 21 heavy (non-hydrogen) atoms. The molecule has 0 spiro atoms. The fourth-order valence-corrected chi connectivity index (χ4v) is 4.33. The summed E-state index contributed by atoms with van der Waals surface area (Å²) in [6.45, 7) is 3.73. The van der Waals surface area contributed by atoms with Crippen LogP contribution in [-0.4, -0.2) is 25.5 Å². The molecule has 0 saturated heterocycles. The van der Waals surface area contributed by atoms with Crippen molar-refractivity contribution in [1.29, 1.82) is 0 Å². The second-order valence-corrected chi connectivity index (χ2v) is 7.55. The van der Waals surface area contributed by atoms with Crippen molar-refractivity contribution < 1.29 is 18.3 Å². The third-order valence-corrected chi connectivity index (χ3v) is 5.40. The van der Waals surface area contributed by atoms with Crippen molar-refractivity contribution in [3.63, 3.8) is 0 Å². The molecule has 2 rings (SSSR count). The van der Waals surface area contributed by atoms with E-state index in [1.807, 2.05) is 19.9 Å². The number of aryl methyl sites for hydroxylation is 2. The minimum Gasteiger partial charge on any atom is -0.481 e. The van der Waals surface area contributed by atoms with Gasteiger partial charge in [-0.1, -0.05) is 6.07 Å². The number of carboxylic acid groups (broad SMARTS) is 1. The molecular formula is C15H21NO4S. The van der Waals surface area contributed by atoms with Crippen molar-refractivity contribution in [2.45, 2.75) is 50.5 Å². The maximum atomic E-state index is 12.4. The van der Waals surface area contributed by atoms with Gasteiger partial charge in [-0.15, -0.1) is 0 Å². The number of benzene rings is 1. The number of carboxylic acids is 1. The van der Waals surface area contributed by atoms with E-state index in [1.54, 1.807) is 12.1 Å². The van der Waals surface area contributed by atoms with Crippen LogP contribution in [0.5, 0.6) is 0 Å². The summed E-state index contributed by atoms with van der Waals surface area (Å²) >= 11 is 0. The lowest BCUT2D eigenvalue weighted by Crippen LogP contribution is -2.38. The van der Waals surface area contributed by atoms with Crippen LogP contribution in [0, 0.1) is 19.8 Å². The molecule has 0 amide bonds. The van der Waals surface area contributed by atoms with E-state index in [4.69, 9.17) is 5.11 Å². The first-order chi connectivity index (χ1) is 9.78. The van der Waals surface area contributed by atoms with Crippen LogP contribution in [0.2, 0.25) is 0 Å². The number of carbonyl (C=O) groups is 1. The summed E-state index contributed by atoms with van der Waals surface area (Å²) in [4.78, 5) is 11.2. The number of aliphatic carboxylic acids is 1. The highest BCUT2D eigenvalue weighted by atomic mass is 32.2. The van der Waals surface area contributed by atoms with Crippen LogP contribution in [-0.2, 0) is 14.8 Å². The molecule has 1 aliphatic rings. The summed E-state index contributed by atoms with van der Waals surface area (Å²) in [5, 5.41) is 8.96. The maximum Gasteiger partial charge on any atom is 0.306 e. The van der Waals surface area contributed by atoms with Crippen LogP contribution in [0.4, 0.5) is 0 Å². The molecule has 1 saturated carbocycles. The highest BCUT2D eigenvalue weighted by Crippen LogP contribution is 2.26. The number of hydrogen-bond donors (Lipinski definition) is 2. The predicted molar refractivity (Wildman–Crippen MR) is 79.6 cm³/mol. The van der Waals surface area contributed by atoms with Gasteiger partial charge in [0.25, 0.3) is 0 Å². The molecule has 1 fully saturated rings. The van der Waals surface area contributed by atoms with Gasteiger partial charge in [-0.3, -0.25) is 4.79 Å². The molecule has 6 heteroatoms. The largest absolute Gasteiger partial charge is 0.481 e. The molecule has 116 valence electrons. The van der Waals surface area contributed by atoms with Crippen molar-refractivity contribution in [2.24, 2.45) is 5.92 Å². The standard InChI is InChI=1S/C15H21NO4S/c1-10-7-11(2)9-14(8-10)21(19,20)16-13-5-3-12(4-6-13)15(17)18/h7-9,12-13,16H,3-6H2,1-2H3,(H,17,18). The Balaban J connectivity index is 2.07. The Labute approximate surface area is 125 Å². The van der Waals surface area contributed by atoms with Crippen molar-refractivity contribution in [1.82, 2.24) is 4.72 Å². The zero-order chi connectivity index (χ0) is 15.6. The first-order valence-corrected chi connectivity index (χ1v) is 8.59. The second kappa shape index (κ2) is 6.15. The Kier molecular flexibility index (Phi) is 4.68. The average molecular weight is 311 g/mol. The molecule has 0 atom stereocenters. The SMILES string of the molecule is Cc1cc(C)cc(S(=O)(=O)NC2CCC(C(=O)O)CC2)c1. The van der Waals surface area contributed by atoms with Crippen LogP contribution in [0.25, 0.3) is 0 Å². The highest BCUT2D eigenvalue weighted by Gasteiger charge is 2.28. The molecule has 0 aromatic heterocycles. The van der Waals surface area contributed by atoms with Crippen LogP contribution in [0.1, 0.15) is 36.8 Å². The zero-order valence-corrected chi connectivity index (χ0v) is 13.1. The van der Waals surface area contributed by atoms with Gasteiger partial charge in [0.2, 0.25) is 10.0 Å². The third kappa shape index (κ3) is 4.04. The monoisotopic (exact) mass is 311 g/mol. The van der Waals surface area contributed by atoms with E-state index < -0.39 is 16.0 Å². The van der Waals surface area contributed by atoms with Gasteiger partial charge in [0.1, 0.15) is 0 Å². The van der Waals surface area contributed by atoms with Crippen molar-refractivity contribution in [3.05, 3.63) is 29.3 Å². The van der Waals surface area contributed by atoms with Gasteiger partial charge in [-0.2, -0.15) is 0 Å². The van der Waals surface area contributed by atoms with E-state index in [1.165, 1.54) is 0 Å². The number of sulfonamides is 1. The Morgan fingerprint density at radius 1 is 1.10 bits per heavy atom. The van der Waals surface area contributed by atoms with Crippen LogP contribution >= 0.6 is 0 Å². The molecule has 2 N–H and O–H groups in total. The Bertz CT molecular complexity index is 611. The molecule has 0 heterocycles. The van der Waals surface area contributed by atoms with Crippen LogP contribution in [0.15, 0.2) is 23.1 Å². The lowest BCUT2D eigenvalue weighted by Gasteiger charge is -2.26. The fourth-order valence-electron chi connectivity index (χ4n) is 2.83. The minimum absolute atomic E-state index is 0.175. The van der Waals surface area contributed by atoms with Gasteiger partial charge in [-0.25, -0.2) is 13.1 Å². The molecule has 1 aliphatic carbocycles. The normalized spacial score (nSPS) is 23.0. The zero-order valence-electron chi connectivity index (χ0n) is 12.3. The summed E-state index contributed by atoms with van der Waals surface area (Å²) in [6.07, 6.45) is 2.19. The fraction of sp³-hybridized carbons (Fsp3) is 0.533. The van der Waals surface area contributed by atoms with E-state index in [-0.39, 0.29) is 16.9 Å². The van der Waals surface area contributed by atoms with Gasteiger partial charge in [0, 0.05) is 6.04 Å². The first kappa shape index (κ1) is 16.0.